The van der Waals surface area contributed by atoms with Crippen molar-refractivity contribution in [2.45, 2.75) is 20.3 Å². The Labute approximate surface area is 69.3 Å². The highest BCUT2D eigenvalue weighted by atomic mass is 16.5. The van der Waals surface area contributed by atoms with Gasteiger partial charge in [0.05, 0.1) is 6.54 Å². The van der Waals surface area contributed by atoms with Gasteiger partial charge in [-0.3, -0.25) is 0 Å². The van der Waals surface area contributed by atoms with Crippen LogP contribution in [0.1, 0.15) is 20.3 Å². The van der Waals surface area contributed by atoms with Crippen LogP contribution < -0.4 is 5.32 Å². The van der Waals surface area contributed by atoms with E-state index in [0.717, 1.165) is 32.7 Å². The van der Waals surface area contributed by atoms with Crippen LogP contribution in [-0.2, 0) is 4.74 Å². The Morgan fingerprint density at radius 1 is 1.45 bits per heavy atom. The second-order valence-corrected chi connectivity index (χ2v) is 2.15. The van der Waals surface area contributed by atoms with E-state index in [0.29, 0.717) is 0 Å². The standard InChI is InChI=1S/C9H17NO/c1-3-5-7-10-8-6-9-11-4-2/h10H,4,6-9H2,1-2H3. The summed E-state index contributed by atoms with van der Waals surface area (Å²) in [6.45, 7) is 7.31. The summed E-state index contributed by atoms with van der Waals surface area (Å²) in [5.74, 6) is 5.76. The highest BCUT2D eigenvalue weighted by Gasteiger charge is 1.84. The fourth-order valence-corrected chi connectivity index (χ4v) is 0.683. The lowest BCUT2D eigenvalue weighted by Crippen LogP contribution is -2.16. The van der Waals surface area contributed by atoms with Crippen molar-refractivity contribution < 1.29 is 4.74 Å². The summed E-state index contributed by atoms with van der Waals surface area (Å²) in [5.41, 5.74) is 0. The first kappa shape index (κ1) is 10.5. The third-order valence-corrected chi connectivity index (χ3v) is 1.24. The molecule has 0 aliphatic carbocycles. The van der Waals surface area contributed by atoms with Crippen LogP contribution in [0.5, 0.6) is 0 Å². The summed E-state index contributed by atoms with van der Waals surface area (Å²) in [5, 5.41) is 3.19. The molecule has 0 saturated heterocycles. The fraction of sp³-hybridized carbons (Fsp3) is 0.778. The average molecular weight is 155 g/mol. The summed E-state index contributed by atoms with van der Waals surface area (Å²) in [6.07, 6.45) is 1.07. The minimum absolute atomic E-state index is 0.794. The van der Waals surface area contributed by atoms with Gasteiger partial charge in [-0.25, -0.2) is 0 Å². The molecular formula is C9H17NO. The van der Waals surface area contributed by atoms with Crippen molar-refractivity contribution in [3.05, 3.63) is 0 Å². The molecule has 1 N–H and O–H groups in total. The second-order valence-electron chi connectivity index (χ2n) is 2.15. The molecule has 0 atom stereocenters. The molecule has 0 amide bonds. The van der Waals surface area contributed by atoms with Gasteiger partial charge in [-0.05, 0) is 26.8 Å². The van der Waals surface area contributed by atoms with E-state index >= 15 is 0 Å². The molecule has 0 aromatic heterocycles. The molecule has 0 heterocycles. The van der Waals surface area contributed by atoms with Crippen molar-refractivity contribution in [1.29, 1.82) is 0 Å². The number of hydrogen-bond donors (Lipinski definition) is 1. The Kier molecular flexibility index (Phi) is 9.03. The number of ether oxygens (including phenoxy) is 1. The fourth-order valence-electron chi connectivity index (χ4n) is 0.683. The molecule has 0 saturated carbocycles. The zero-order chi connectivity index (χ0) is 8.36. The van der Waals surface area contributed by atoms with Crippen molar-refractivity contribution in [1.82, 2.24) is 5.32 Å². The topological polar surface area (TPSA) is 21.3 Å². The summed E-state index contributed by atoms with van der Waals surface area (Å²) in [4.78, 5) is 0. The van der Waals surface area contributed by atoms with Gasteiger partial charge in [0.2, 0.25) is 0 Å². The molecule has 0 bridgehead atoms. The predicted molar refractivity (Wildman–Crippen MR) is 47.4 cm³/mol. The molecule has 11 heavy (non-hydrogen) atoms. The van der Waals surface area contributed by atoms with Crippen LogP contribution in [0.25, 0.3) is 0 Å². The SMILES string of the molecule is CC#CCNCCCOCC. The van der Waals surface area contributed by atoms with E-state index in [2.05, 4.69) is 17.2 Å². The smallest absolute Gasteiger partial charge is 0.0576 e. The van der Waals surface area contributed by atoms with Crippen LogP contribution in [0.4, 0.5) is 0 Å². The third-order valence-electron chi connectivity index (χ3n) is 1.24. The molecular weight excluding hydrogens is 138 g/mol. The molecule has 0 rings (SSSR count). The predicted octanol–water partition coefficient (Wildman–Crippen LogP) is 1.03. The summed E-state index contributed by atoms with van der Waals surface area (Å²) in [7, 11) is 0. The molecule has 0 aromatic carbocycles. The van der Waals surface area contributed by atoms with Crippen molar-refractivity contribution >= 4 is 0 Å². The van der Waals surface area contributed by atoms with Crippen LogP contribution in [-0.4, -0.2) is 26.3 Å². The summed E-state index contributed by atoms with van der Waals surface area (Å²) >= 11 is 0. The third kappa shape index (κ3) is 9.48. The van der Waals surface area contributed by atoms with Crippen molar-refractivity contribution in [3.8, 4) is 11.8 Å². The van der Waals surface area contributed by atoms with Gasteiger partial charge >= 0.3 is 0 Å². The van der Waals surface area contributed by atoms with E-state index in [1.165, 1.54) is 0 Å². The Balaban J connectivity index is 2.83. The maximum atomic E-state index is 5.16. The minimum Gasteiger partial charge on any atom is -0.382 e. The first-order chi connectivity index (χ1) is 5.41. The van der Waals surface area contributed by atoms with Crippen molar-refractivity contribution in [3.63, 3.8) is 0 Å². The Hall–Kier alpha value is -0.520. The molecule has 64 valence electrons. The quantitative estimate of drug-likeness (QED) is 0.457. The average Bonchev–Trinajstić information content (AvgIpc) is 2.03. The molecule has 0 aliphatic rings. The van der Waals surface area contributed by atoms with E-state index in [4.69, 9.17) is 4.74 Å². The number of nitrogens with one attached hydrogen (secondary N) is 1. The Morgan fingerprint density at radius 3 is 2.91 bits per heavy atom. The molecule has 2 heteroatoms. The molecule has 0 fully saturated rings. The van der Waals surface area contributed by atoms with Gasteiger partial charge in [-0.15, -0.1) is 5.92 Å². The first-order valence-corrected chi connectivity index (χ1v) is 4.10. The molecule has 0 aromatic rings. The van der Waals surface area contributed by atoms with E-state index in [-0.39, 0.29) is 0 Å². The molecule has 0 unspecified atom stereocenters. The molecule has 0 aliphatic heterocycles. The maximum absolute atomic E-state index is 5.16. The van der Waals surface area contributed by atoms with Crippen LogP contribution in [0.2, 0.25) is 0 Å². The van der Waals surface area contributed by atoms with Crippen LogP contribution in [0, 0.1) is 11.8 Å². The van der Waals surface area contributed by atoms with Gasteiger partial charge in [0.25, 0.3) is 0 Å². The highest BCUT2D eigenvalue weighted by Crippen LogP contribution is 1.78. The van der Waals surface area contributed by atoms with E-state index in [1.54, 1.807) is 0 Å². The highest BCUT2D eigenvalue weighted by molar-refractivity contribution is 4.96. The minimum atomic E-state index is 0.794. The Morgan fingerprint density at radius 2 is 2.27 bits per heavy atom. The molecule has 0 radical (unpaired) electrons. The van der Waals surface area contributed by atoms with Crippen LogP contribution in [0.15, 0.2) is 0 Å². The lowest BCUT2D eigenvalue weighted by atomic mass is 10.4. The zero-order valence-corrected chi connectivity index (χ0v) is 7.44. The van der Waals surface area contributed by atoms with Crippen LogP contribution in [0.3, 0.4) is 0 Å². The van der Waals surface area contributed by atoms with Gasteiger partial charge in [0, 0.05) is 13.2 Å². The van der Waals surface area contributed by atoms with Gasteiger partial charge in [0.1, 0.15) is 0 Å². The first-order valence-electron chi connectivity index (χ1n) is 4.10. The number of hydrogen-bond acceptors (Lipinski definition) is 2. The van der Waals surface area contributed by atoms with Gasteiger partial charge in [0.15, 0.2) is 0 Å². The van der Waals surface area contributed by atoms with E-state index in [9.17, 15) is 0 Å². The molecule has 2 nitrogen and oxygen atoms in total. The van der Waals surface area contributed by atoms with E-state index in [1.807, 2.05) is 13.8 Å². The van der Waals surface area contributed by atoms with Gasteiger partial charge < -0.3 is 10.1 Å². The second kappa shape index (κ2) is 9.48. The zero-order valence-electron chi connectivity index (χ0n) is 7.44. The van der Waals surface area contributed by atoms with Gasteiger partial charge in [-0.2, -0.15) is 0 Å². The Bertz CT molecular complexity index is 123. The lowest BCUT2D eigenvalue weighted by molar-refractivity contribution is 0.145. The monoisotopic (exact) mass is 155 g/mol. The summed E-state index contributed by atoms with van der Waals surface area (Å²) in [6, 6.07) is 0. The van der Waals surface area contributed by atoms with Crippen molar-refractivity contribution in [2.24, 2.45) is 0 Å². The van der Waals surface area contributed by atoms with Crippen molar-refractivity contribution in [2.75, 3.05) is 26.3 Å². The largest absolute Gasteiger partial charge is 0.382 e. The maximum Gasteiger partial charge on any atom is 0.0576 e. The number of rotatable bonds is 6. The normalized spacial score (nSPS) is 8.91. The lowest BCUT2D eigenvalue weighted by Gasteiger charge is -2.00. The molecule has 0 spiro atoms. The van der Waals surface area contributed by atoms with Gasteiger partial charge in [-0.1, -0.05) is 5.92 Å². The van der Waals surface area contributed by atoms with Crippen LogP contribution >= 0.6 is 0 Å². The van der Waals surface area contributed by atoms with E-state index < -0.39 is 0 Å². The summed E-state index contributed by atoms with van der Waals surface area (Å²) < 4.78 is 5.16.